The molecule has 1 aromatic carbocycles. The Kier molecular flexibility index (Phi) is 11.0. The Morgan fingerprint density at radius 3 is 2.79 bits per heavy atom. The summed E-state index contributed by atoms with van der Waals surface area (Å²) < 4.78 is 38.1. The molecule has 2 rings (SSSR count). The second-order valence-corrected chi connectivity index (χ2v) is 8.81. The molecule has 1 heterocycles. The van der Waals surface area contributed by atoms with Crippen molar-refractivity contribution in [3.05, 3.63) is 35.9 Å². The van der Waals surface area contributed by atoms with Crippen LogP contribution in [0.15, 0.2) is 35.3 Å². The smallest absolute Gasteiger partial charge is 0.213 e. The second-order valence-electron chi connectivity index (χ2n) is 6.88. The van der Waals surface area contributed by atoms with E-state index in [-0.39, 0.29) is 18.4 Å². The lowest BCUT2D eigenvalue weighted by Gasteiger charge is -2.22. The summed E-state index contributed by atoms with van der Waals surface area (Å²) in [6.45, 7) is 5.53. The summed E-state index contributed by atoms with van der Waals surface area (Å²) in [5.41, 5.74) is 1.12. The van der Waals surface area contributed by atoms with Gasteiger partial charge in [-0.3, -0.25) is 4.99 Å². The normalized spacial score (nSPS) is 17.8. The molecule has 1 unspecified atom stereocenters. The van der Waals surface area contributed by atoms with Crippen molar-refractivity contribution >= 4 is 16.0 Å². The van der Waals surface area contributed by atoms with Gasteiger partial charge in [0.25, 0.3) is 0 Å². The molecule has 1 aliphatic rings. The highest BCUT2D eigenvalue weighted by Crippen LogP contribution is 2.11. The quantitative estimate of drug-likeness (QED) is 0.264. The maximum Gasteiger partial charge on any atom is 0.213 e. The summed E-state index contributed by atoms with van der Waals surface area (Å²) in [5, 5.41) is 6.17. The molecule has 0 aromatic heterocycles. The van der Waals surface area contributed by atoms with Crippen LogP contribution in [0.3, 0.4) is 0 Å². The number of guanidine groups is 1. The van der Waals surface area contributed by atoms with Gasteiger partial charge in [-0.05, 0) is 31.7 Å². The second kappa shape index (κ2) is 13.5. The number of nitrogens with zero attached hydrogens (tertiary/aromatic N) is 1. The van der Waals surface area contributed by atoms with Gasteiger partial charge in [-0.25, -0.2) is 13.1 Å². The van der Waals surface area contributed by atoms with Crippen LogP contribution in [-0.2, 0) is 26.1 Å². The average molecular weight is 427 g/mol. The molecule has 1 aliphatic heterocycles. The van der Waals surface area contributed by atoms with Gasteiger partial charge in [0.15, 0.2) is 5.96 Å². The van der Waals surface area contributed by atoms with Crippen LogP contribution in [0.5, 0.6) is 0 Å². The van der Waals surface area contributed by atoms with Gasteiger partial charge in [-0.2, -0.15) is 0 Å². The van der Waals surface area contributed by atoms with Crippen molar-refractivity contribution in [3.63, 3.8) is 0 Å². The SMILES string of the molecule is CCNC(=NCCOCc1ccccc1)NCCS(=O)(=O)NCC1CCCCO1. The largest absolute Gasteiger partial charge is 0.377 e. The Hall–Kier alpha value is -1.68. The predicted octanol–water partition coefficient (Wildman–Crippen LogP) is 1.25. The van der Waals surface area contributed by atoms with Crippen LogP contribution in [0, 0.1) is 0 Å². The molecule has 0 saturated carbocycles. The van der Waals surface area contributed by atoms with E-state index in [1.54, 1.807) is 0 Å². The number of ether oxygens (including phenoxy) is 2. The molecule has 3 N–H and O–H groups in total. The van der Waals surface area contributed by atoms with Crippen LogP contribution in [0.4, 0.5) is 0 Å². The number of hydrogen-bond donors (Lipinski definition) is 3. The minimum Gasteiger partial charge on any atom is -0.377 e. The molecule has 164 valence electrons. The fourth-order valence-electron chi connectivity index (χ4n) is 2.89. The minimum absolute atomic E-state index is 0.0127. The number of benzene rings is 1. The van der Waals surface area contributed by atoms with Gasteiger partial charge < -0.3 is 20.1 Å². The Balaban J connectivity index is 1.64. The van der Waals surface area contributed by atoms with Crippen LogP contribution in [-0.4, -0.2) is 65.6 Å². The molecular formula is C20H34N4O4S. The van der Waals surface area contributed by atoms with Crippen molar-refractivity contribution in [1.29, 1.82) is 0 Å². The first kappa shape index (κ1) is 23.6. The van der Waals surface area contributed by atoms with E-state index in [1.165, 1.54) is 0 Å². The van der Waals surface area contributed by atoms with Crippen LogP contribution in [0.1, 0.15) is 31.7 Å². The monoisotopic (exact) mass is 426 g/mol. The third kappa shape index (κ3) is 10.6. The highest BCUT2D eigenvalue weighted by molar-refractivity contribution is 7.89. The Morgan fingerprint density at radius 1 is 1.24 bits per heavy atom. The number of sulfonamides is 1. The summed E-state index contributed by atoms with van der Waals surface area (Å²) in [5.74, 6) is 0.566. The molecule has 1 atom stereocenters. The summed E-state index contributed by atoms with van der Waals surface area (Å²) in [6, 6.07) is 9.97. The first-order valence-electron chi connectivity index (χ1n) is 10.3. The molecule has 0 bridgehead atoms. The van der Waals surface area contributed by atoms with Crippen molar-refractivity contribution in [3.8, 4) is 0 Å². The predicted molar refractivity (Wildman–Crippen MR) is 115 cm³/mol. The van der Waals surface area contributed by atoms with Gasteiger partial charge in [-0.15, -0.1) is 0 Å². The van der Waals surface area contributed by atoms with Crippen LogP contribution < -0.4 is 15.4 Å². The topological polar surface area (TPSA) is 101 Å². The first-order chi connectivity index (χ1) is 14.1. The van der Waals surface area contributed by atoms with Crippen LogP contribution in [0.2, 0.25) is 0 Å². The minimum atomic E-state index is -3.35. The van der Waals surface area contributed by atoms with E-state index in [4.69, 9.17) is 9.47 Å². The van der Waals surface area contributed by atoms with Crippen molar-refractivity contribution in [2.45, 2.75) is 38.9 Å². The molecule has 29 heavy (non-hydrogen) atoms. The average Bonchev–Trinajstić information content (AvgIpc) is 2.73. The van der Waals surface area contributed by atoms with Gasteiger partial charge >= 0.3 is 0 Å². The van der Waals surface area contributed by atoms with Crippen LogP contribution >= 0.6 is 0 Å². The molecule has 0 radical (unpaired) electrons. The maximum absolute atomic E-state index is 12.2. The van der Waals surface area contributed by atoms with E-state index in [1.807, 2.05) is 37.3 Å². The third-order valence-corrected chi connectivity index (χ3v) is 5.78. The van der Waals surface area contributed by atoms with Gasteiger partial charge in [0.1, 0.15) is 0 Å². The lowest BCUT2D eigenvalue weighted by Crippen LogP contribution is -2.42. The van der Waals surface area contributed by atoms with Crippen molar-refractivity contribution in [2.24, 2.45) is 4.99 Å². The summed E-state index contributed by atoms with van der Waals surface area (Å²) in [4.78, 5) is 4.42. The molecule has 1 aromatic rings. The lowest BCUT2D eigenvalue weighted by atomic mass is 10.1. The Morgan fingerprint density at radius 2 is 2.07 bits per heavy atom. The molecule has 0 amide bonds. The van der Waals surface area contributed by atoms with Crippen molar-refractivity contribution in [2.75, 3.05) is 45.1 Å². The summed E-state index contributed by atoms with van der Waals surface area (Å²) in [7, 11) is -3.35. The number of hydrogen-bond acceptors (Lipinski definition) is 5. The molecule has 1 saturated heterocycles. The van der Waals surface area contributed by atoms with E-state index < -0.39 is 10.0 Å². The Bertz CT molecular complexity index is 692. The molecule has 1 fully saturated rings. The van der Waals surface area contributed by atoms with E-state index in [0.717, 1.165) is 24.8 Å². The van der Waals surface area contributed by atoms with Crippen molar-refractivity contribution in [1.82, 2.24) is 15.4 Å². The number of aliphatic imine (C=N–C) groups is 1. The molecule has 0 aliphatic carbocycles. The number of nitrogens with one attached hydrogen (secondary N) is 3. The zero-order valence-corrected chi connectivity index (χ0v) is 18.0. The standard InChI is InChI=1S/C20H34N4O4S/c1-2-21-20(22-11-14-27-17-18-8-4-3-5-9-18)23-12-15-29(25,26)24-16-19-10-6-7-13-28-19/h3-5,8-9,19,24H,2,6-7,10-17H2,1H3,(H2,21,22,23). The van der Waals surface area contributed by atoms with Gasteiger partial charge in [0, 0.05) is 26.2 Å². The van der Waals surface area contributed by atoms with Gasteiger partial charge in [-0.1, -0.05) is 30.3 Å². The highest BCUT2D eigenvalue weighted by Gasteiger charge is 2.17. The fraction of sp³-hybridized carbons (Fsp3) is 0.650. The van der Waals surface area contributed by atoms with Crippen molar-refractivity contribution < 1.29 is 17.9 Å². The molecule has 0 spiro atoms. The van der Waals surface area contributed by atoms with E-state index in [2.05, 4.69) is 20.3 Å². The zero-order chi connectivity index (χ0) is 20.8. The lowest BCUT2D eigenvalue weighted by molar-refractivity contribution is 0.0200. The van der Waals surface area contributed by atoms with Gasteiger partial charge in [0.05, 0.1) is 31.6 Å². The fourth-order valence-corrected chi connectivity index (χ4v) is 3.85. The zero-order valence-electron chi connectivity index (χ0n) is 17.2. The number of rotatable bonds is 12. The first-order valence-corrected chi connectivity index (χ1v) is 12.0. The third-order valence-electron chi connectivity index (χ3n) is 4.43. The maximum atomic E-state index is 12.2. The molecule has 9 heteroatoms. The molecular weight excluding hydrogens is 392 g/mol. The van der Waals surface area contributed by atoms with E-state index >= 15 is 0 Å². The summed E-state index contributed by atoms with van der Waals surface area (Å²) in [6.07, 6.45) is 3.04. The highest BCUT2D eigenvalue weighted by atomic mass is 32.2. The van der Waals surface area contributed by atoms with E-state index in [0.29, 0.717) is 45.4 Å². The van der Waals surface area contributed by atoms with Crippen LogP contribution in [0.25, 0.3) is 0 Å². The summed E-state index contributed by atoms with van der Waals surface area (Å²) >= 11 is 0. The Labute approximate surface area is 174 Å². The van der Waals surface area contributed by atoms with Gasteiger partial charge in [0.2, 0.25) is 10.0 Å². The molecule has 8 nitrogen and oxygen atoms in total. The van der Waals surface area contributed by atoms with E-state index in [9.17, 15) is 8.42 Å².